The van der Waals surface area contributed by atoms with Crippen LogP contribution in [-0.4, -0.2) is 37.6 Å². The maximum Gasteiger partial charge on any atom is 0.241 e. The molecule has 0 aromatic heterocycles. The molecule has 0 aliphatic heterocycles. The van der Waals surface area contributed by atoms with E-state index in [4.69, 9.17) is 10.00 Å². The van der Waals surface area contributed by atoms with Crippen LogP contribution in [0.1, 0.15) is 18.1 Å². The van der Waals surface area contributed by atoms with Crippen LogP contribution in [-0.2, 0) is 11.2 Å². The van der Waals surface area contributed by atoms with Crippen molar-refractivity contribution in [1.82, 2.24) is 4.90 Å². The first-order valence-electron chi connectivity index (χ1n) is 8.18. The van der Waals surface area contributed by atoms with E-state index in [1.807, 2.05) is 43.1 Å². The topological polar surface area (TPSA) is 65.4 Å². The predicted molar refractivity (Wildman–Crippen MR) is 98.6 cm³/mol. The van der Waals surface area contributed by atoms with Crippen molar-refractivity contribution in [3.05, 3.63) is 59.7 Å². The van der Waals surface area contributed by atoms with Crippen molar-refractivity contribution in [1.29, 1.82) is 5.26 Å². The van der Waals surface area contributed by atoms with Crippen molar-refractivity contribution in [2.24, 2.45) is 0 Å². The monoisotopic (exact) mass is 337 g/mol. The lowest BCUT2D eigenvalue weighted by Gasteiger charge is -2.24. The van der Waals surface area contributed by atoms with Crippen LogP contribution >= 0.6 is 0 Å². The van der Waals surface area contributed by atoms with Crippen LogP contribution in [0.5, 0.6) is 5.75 Å². The van der Waals surface area contributed by atoms with E-state index in [1.165, 1.54) is 0 Å². The van der Waals surface area contributed by atoms with Gasteiger partial charge >= 0.3 is 0 Å². The Morgan fingerprint density at radius 3 is 2.76 bits per heavy atom. The SMILES string of the molecule is COc1ccccc1CCN(C)C(C)C(=O)Nc1cccc(C#N)c1. The number of hydrogen-bond donors (Lipinski definition) is 1. The van der Waals surface area contributed by atoms with Crippen molar-refractivity contribution in [3.63, 3.8) is 0 Å². The second kappa shape index (κ2) is 8.86. The number of rotatable bonds is 7. The summed E-state index contributed by atoms with van der Waals surface area (Å²) in [5, 5.41) is 11.8. The zero-order valence-corrected chi connectivity index (χ0v) is 14.8. The van der Waals surface area contributed by atoms with E-state index >= 15 is 0 Å². The number of anilines is 1. The van der Waals surface area contributed by atoms with Gasteiger partial charge in [0.05, 0.1) is 24.8 Å². The van der Waals surface area contributed by atoms with Gasteiger partial charge in [-0.3, -0.25) is 9.69 Å². The van der Waals surface area contributed by atoms with E-state index in [0.717, 1.165) is 24.3 Å². The molecule has 0 aliphatic carbocycles. The number of nitrogens with one attached hydrogen (secondary N) is 1. The van der Waals surface area contributed by atoms with Crippen molar-refractivity contribution in [3.8, 4) is 11.8 Å². The third-order valence-corrected chi connectivity index (χ3v) is 4.23. The average molecular weight is 337 g/mol. The fourth-order valence-electron chi connectivity index (χ4n) is 2.51. The standard InChI is InChI=1S/C20H23N3O2/c1-15(20(24)22-18-9-6-7-16(13-18)14-21)23(2)12-11-17-8-4-5-10-19(17)25-3/h4-10,13,15H,11-12H2,1-3H3,(H,22,24). The van der Waals surface area contributed by atoms with Crippen LogP contribution in [0.4, 0.5) is 5.69 Å². The summed E-state index contributed by atoms with van der Waals surface area (Å²) in [6.07, 6.45) is 0.794. The summed E-state index contributed by atoms with van der Waals surface area (Å²) >= 11 is 0. The number of nitrogens with zero attached hydrogens (tertiary/aromatic N) is 2. The smallest absolute Gasteiger partial charge is 0.241 e. The Labute approximate surface area is 148 Å². The lowest BCUT2D eigenvalue weighted by molar-refractivity contribution is -0.120. The van der Waals surface area contributed by atoms with E-state index in [9.17, 15) is 4.79 Å². The highest BCUT2D eigenvalue weighted by atomic mass is 16.5. The first kappa shape index (κ1) is 18.5. The Hall–Kier alpha value is -2.84. The number of hydrogen-bond acceptors (Lipinski definition) is 4. The highest BCUT2D eigenvalue weighted by Gasteiger charge is 2.18. The maximum atomic E-state index is 12.4. The quantitative estimate of drug-likeness (QED) is 0.843. The molecule has 130 valence electrons. The lowest BCUT2D eigenvalue weighted by atomic mass is 10.1. The van der Waals surface area contributed by atoms with Gasteiger partial charge in [0.1, 0.15) is 5.75 Å². The summed E-state index contributed by atoms with van der Waals surface area (Å²) in [4.78, 5) is 14.4. The number of carbonyl (C=O) groups excluding carboxylic acids is 1. The van der Waals surface area contributed by atoms with Crippen molar-refractivity contribution in [2.75, 3.05) is 26.0 Å². The van der Waals surface area contributed by atoms with Crippen LogP contribution in [0.15, 0.2) is 48.5 Å². The van der Waals surface area contributed by atoms with Gasteiger partial charge in [-0.25, -0.2) is 0 Å². The Balaban J connectivity index is 1.93. The fraction of sp³-hybridized carbons (Fsp3) is 0.300. The van der Waals surface area contributed by atoms with Crippen LogP contribution in [0, 0.1) is 11.3 Å². The molecule has 0 radical (unpaired) electrons. The van der Waals surface area contributed by atoms with Gasteiger partial charge in [0, 0.05) is 12.2 Å². The molecular weight excluding hydrogens is 314 g/mol. The number of amides is 1. The number of benzene rings is 2. The number of nitriles is 1. The van der Waals surface area contributed by atoms with E-state index in [2.05, 4.69) is 11.4 Å². The highest BCUT2D eigenvalue weighted by Crippen LogP contribution is 2.18. The van der Waals surface area contributed by atoms with Gasteiger partial charge in [-0.1, -0.05) is 24.3 Å². The highest BCUT2D eigenvalue weighted by molar-refractivity contribution is 5.94. The van der Waals surface area contributed by atoms with Crippen molar-refractivity contribution in [2.45, 2.75) is 19.4 Å². The van der Waals surface area contributed by atoms with Crippen molar-refractivity contribution >= 4 is 11.6 Å². The van der Waals surface area contributed by atoms with Gasteiger partial charge in [-0.15, -0.1) is 0 Å². The summed E-state index contributed by atoms with van der Waals surface area (Å²) in [5.74, 6) is 0.763. The molecule has 2 aromatic carbocycles. The van der Waals surface area contributed by atoms with Gasteiger partial charge < -0.3 is 10.1 Å². The van der Waals surface area contributed by atoms with E-state index in [-0.39, 0.29) is 11.9 Å². The maximum absolute atomic E-state index is 12.4. The number of likely N-dealkylation sites (N-methyl/N-ethyl adjacent to an activating group) is 1. The molecule has 0 aliphatic rings. The molecule has 0 bridgehead atoms. The molecule has 1 N–H and O–H groups in total. The Morgan fingerprint density at radius 1 is 1.28 bits per heavy atom. The van der Waals surface area contributed by atoms with E-state index < -0.39 is 0 Å². The van der Waals surface area contributed by atoms with Gasteiger partial charge in [0.25, 0.3) is 0 Å². The molecule has 5 heteroatoms. The predicted octanol–water partition coefficient (Wildman–Crippen LogP) is 3.07. The Bertz CT molecular complexity index is 768. The molecule has 0 saturated heterocycles. The molecule has 1 unspecified atom stereocenters. The number of ether oxygens (including phenoxy) is 1. The number of methoxy groups -OCH3 is 1. The zero-order chi connectivity index (χ0) is 18.2. The van der Waals surface area contributed by atoms with Crippen molar-refractivity contribution < 1.29 is 9.53 Å². The number of carbonyl (C=O) groups is 1. The minimum atomic E-state index is -0.291. The van der Waals surface area contributed by atoms with Crippen LogP contribution in [0.2, 0.25) is 0 Å². The molecule has 25 heavy (non-hydrogen) atoms. The van der Waals surface area contributed by atoms with Gasteiger partial charge in [0.15, 0.2) is 0 Å². The molecule has 0 heterocycles. The molecule has 2 rings (SSSR count). The molecule has 0 fully saturated rings. The molecule has 0 saturated carbocycles. The second-order valence-corrected chi connectivity index (χ2v) is 5.90. The lowest BCUT2D eigenvalue weighted by Crippen LogP contribution is -2.40. The van der Waals surface area contributed by atoms with E-state index in [1.54, 1.807) is 31.4 Å². The van der Waals surface area contributed by atoms with Crippen LogP contribution < -0.4 is 10.1 Å². The average Bonchev–Trinajstić information content (AvgIpc) is 2.65. The molecule has 1 atom stereocenters. The molecular formula is C20H23N3O2. The Morgan fingerprint density at radius 2 is 2.04 bits per heavy atom. The summed E-state index contributed by atoms with van der Waals surface area (Å²) in [6.45, 7) is 2.60. The van der Waals surface area contributed by atoms with Gasteiger partial charge in [0.2, 0.25) is 5.91 Å². The summed E-state index contributed by atoms with van der Waals surface area (Å²) in [5.41, 5.74) is 2.27. The molecule has 1 amide bonds. The normalized spacial score (nSPS) is 11.6. The van der Waals surface area contributed by atoms with Crippen LogP contribution in [0.3, 0.4) is 0 Å². The largest absolute Gasteiger partial charge is 0.496 e. The summed E-state index contributed by atoms with van der Waals surface area (Å²) in [7, 11) is 3.58. The minimum Gasteiger partial charge on any atom is -0.496 e. The van der Waals surface area contributed by atoms with Crippen LogP contribution in [0.25, 0.3) is 0 Å². The molecule has 0 spiro atoms. The summed E-state index contributed by atoms with van der Waals surface area (Å²) in [6, 6.07) is 16.6. The minimum absolute atomic E-state index is 0.0994. The van der Waals surface area contributed by atoms with Gasteiger partial charge in [-0.2, -0.15) is 5.26 Å². The first-order valence-corrected chi connectivity index (χ1v) is 8.18. The first-order chi connectivity index (χ1) is 12.0. The molecule has 2 aromatic rings. The number of para-hydroxylation sites is 1. The third kappa shape index (κ3) is 5.07. The fourth-order valence-corrected chi connectivity index (χ4v) is 2.51. The van der Waals surface area contributed by atoms with Gasteiger partial charge in [-0.05, 0) is 50.2 Å². The Kier molecular flexibility index (Phi) is 6.55. The van der Waals surface area contributed by atoms with E-state index in [0.29, 0.717) is 11.3 Å². The third-order valence-electron chi connectivity index (χ3n) is 4.23. The molecule has 5 nitrogen and oxygen atoms in total. The second-order valence-electron chi connectivity index (χ2n) is 5.90. The zero-order valence-electron chi connectivity index (χ0n) is 14.8. The summed E-state index contributed by atoms with van der Waals surface area (Å²) < 4.78 is 5.36.